The van der Waals surface area contributed by atoms with Crippen molar-refractivity contribution in [2.24, 2.45) is 0 Å². The van der Waals surface area contributed by atoms with Gasteiger partial charge in [0.05, 0.1) is 6.10 Å². The highest BCUT2D eigenvalue weighted by atomic mass is 16.3. The van der Waals surface area contributed by atoms with Crippen LogP contribution in [0.2, 0.25) is 0 Å². The molecule has 3 nitrogen and oxygen atoms in total. The van der Waals surface area contributed by atoms with Crippen LogP contribution in [0.1, 0.15) is 33.1 Å². The molecule has 14 heavy (non-hydrogen) atoms. The molecule has 2 N–H and O–H groups in total. The summed E-state index contributed by atoms with van der Waals surface area (Å²) in [6.45, 7) is 6.03. The summed E-state index contributed by atoms with van der Waals surface area (Å²) >= 11 is 0. The van der Waals surface area contributed by atoms with Gasteiger partial charge < -0.3 is 10.4 Å². The van der Waals surface area contributed by atoms with Gasteiger partial charge in [0.1, 0.15) is 0 Å². The third-order valence-corrected chi connectivity index (χ3v) is 3.24. The largest absolute Gasteiger partial charge is 0.390 e. The third kappa shape index (κ3) is 3.23. The molecule has 1 aliphatic rings. The van der Waals surface area contributed by atoms with Gasteiger partial charge in [-0.3, -0.25) is 4.90 Å². The lowest BCUT2D eigenvalue weighted by Crippen LogP contribution is -2.48. The Morgan fingerprint density at radius 1 is 1.36 bits per heavy atom. The molecule has 1 saturated heterocycles. The summed E-state index contributed by atoms with van der Waals surface area (Å²) in [5.74, 6) is 0. The van der Waals surface area contributed by atoms with E-state index in [4.69, 9.17) is 0 Å². The Morgan fingerprint density at radius 2 is 1.93 bits per heavy atom. The van der Waals surface area contributed by atoms with Gasteiger partial charge in [-0.2, -0.15) is 0 Å². The van der Waals surface area contributed by atoms with Crippen LogP contribution in [-0.4, -0.2) is 48.3 Å². The van der Waals surface area contributed by atoms with Crippen LogP contribution in [0.5, 0.6) is 0 Å². The smallest absolute Gasteiger partial charge is 0.0791 e. The summed E-state index contributed by atoms with van der Waals surface area (Å²) in [4.78, 5) is 2.44. The summed E-state index contributed by atoms with van der Waals surface area (Å²) in [5, 5.41) is 12.7. The number of hydrogen-bond donors (Lipinski definition) is 2. The number of aliphatic hydroxyl groups is 1. The molecule has 0 spiro atoms. The molecule has 1 aliphatic heterocycles. The highest BCUT2D eigenvalue weighted by Gasteiger charge is 2.25. The third-order valence-electron chi connectivity index (χ3n) is 3.24. The minimum absolute atomic E-state index is 0.233. The van der Waals surface area contributed by atoms with Gasteiger partial charge in [0.15, 0.2) is 0 Å². The van der Waals surface area contributed by atoms with Crippen LogP contribution in [0.3, 0.4) is 0 Å². The van der Waals surface area contributed by atoms with Crippen LogP contribution in [0, 0.1) is 0 Å². The van der Waals surface area contributed by atoms with Crippen molar-refractivity contribution in [2.75, 3.05) is 20.1 Å². The van der Waals surface area contributed by atoms with Crippen LogP contribution in [-0.2, 0) is 0 Å². The highest BCUT2D eigenvalue weighted by Crippen LogP contribution is 2.22. The van der Waals surface area contributed by atoms with Crippen molar-refractivity contribution in [2.45, 2.75) is 51.3 Å². The second-order valence-corrected chi connectivity index (χ2v) is 4.54. The van der Waals surface area contributed by atoms with Gasteiger partial charge in [-0.25, -0.2) is 0 Å². The summed E-state index contributed by atoms with van der Waals surface area (Å²) in [6.07, 6.45) is 3.65. The zero-order valence-corrected chi connectivity index (χ0v) is 9.66. The molecule has 0 radical (unpaired) electrons. The summed E-state index contributed by atoms with van der Waals surface area (Å²) in [7, 11) is 1.88. The van der Waals surface area contributed by atoms with Crippen LogP contribution in [0.4, 0.5) is 0 Å². The van der Waals surface area contributed by atoms with E-state index in [0.29, 0.717) is 18.6 Å². The maximum atomic E-state index is 9.73. The van der Waals surface area contributed by atoms with E-state index in [-0.39, 0.29) is 6.10 Å². The Morgan fingerprint density at radius 3 is 2.43 bits per heavy atom. The molecule has 3 atom stereocenters. The molecule has 84 valence electrons. The minimum atomic E-state index is -0.233. The SMILES string of the molecule is CNCC(O)CN1[C@H](C)CCC[C@@H]1C. The average Bonchev–Trinajstić information content (AvgIpc) is 2.12. The van der Waals surface area contributed by atoms with Crippen LogP contribution >= 0.6 is 0 Å². The molecular formula is C11H24N2O. The van der Waals surface area contributed by atoms with Crippen LogP contribution in [0.15, 0.2) is 0 Å². The van der Waals surface area contributed by atoms with Gasteiger partial charge in [0.2, 0.25) is 0 Å². The van der Waals surface area contributed by atoms with Crippen molar-refractivity contribution in [3.8, 4) is 0 Å². The molecule has 0 aromatic heterocycles. The molecule has 0 bridgehead atoms. The van der Waals surface area contributed by atoms with Crippen molar-refractivity contribution in [3.05, 3.63) is 0 Å². The molecule has 3 heteroatoms. The number of nitrogens with one attached hydrogen (secondary N) is 1. The lowest BCUT2D eigenvalue weighted by molar-refractivity contribution is 0.0426. The quantitative estimate of drug-likeness (QED) is 0.705. The number of hydrogen-bond acceptors (Lipinski definition) is 3. The number of aliphatic hydroxyl groups excluding tert-OH is 1. The van der Waals surface area contributed by atoms with Crippen molar-refractivity contribution in [1.29, 1.82) is 0 Å². The van der Waals surface area contributed by atoms with E-state index in [1.165, 1.54) is 19.3 Å². The molecule has 0 amide bonds. The van der Waals surface area contributed by atoms with E-state index in [1.54, 1.807) is 0 Å². The molecule has 0 aromatic rings. The monoisotopic (exact) mass is 200 g/mol. The number of rotatable bonds is 4. The lowest BCUT2D eigenvalue weighted by Gasteiger charge is -2.40. The van der Waals surface area contributed by atoms with Crippen LogP contribution in [0.25, 0.3) is 0 Å². The molecule has 1 unspecified atom stereocenters. The fourth-order valence-electron chi connectivity index (χ4n) is 2.38. The first kappa shape index (κ1) is 12.0. The van der Waals surface area contributed by atoms with Crippen LogP contribution < -0.4 is 5.32 Å². The Hall–Kier alpha value is -0.120. The summed E-state index contributed by atoms with van der Waals surface area (Å²) < 4.78 is 0. The van der Waals surface area contributed by atoms with Gasteiger partial charge >= 0.3 is 0 Å². The van der Waals surface area contributed by atoms with E-state index >= 15 is 0 Å². The fourth-order valence-corrected chi connectivity index (χ4v) is 2.38. The van der Waals surface area contributed by atoms with E-state index in [9.17, 15) is 5.11 Å². The maximum Gasteiger partial charge on any atom is 0.0791 e. The van der Waals surface area contributed by atoms with Crippen molar-refractivity contribution < 1.29 is 5.11 Å². The molecule has 1 heterocycles. The first-order valence-corrected chi connectivity index (χ1v) is 5.73. The van der Waals surface area contributed by atoms with E-state index < -0.39 is 0 Å². The van der Waals surface area contributed by atoms with Gasteiger partial charge in [-0.1, -0.05) is 6.42 Å². The maximum absolute atomic E-state index is 9.73. The second-order valence-electron chi connectivity index (χ2n) is 4.54. The van der Waals surface area contributed by atoms with Gasteiger partial charge in [-0.05, 0) is 33.7 Å². The topological polar surface area (TPSA) is 35.5 Å². The molecular weight excluding hydrogens is 176 g/mol. The highest BCUT2D eigenvalue weighted by molar-refractivity contribution is 4.81. The molecule has 0 aromatic carbocycles. The molecule has 1 rings (SSSR count). The summed E-state index contributed by atoms with van der Waals surface area (Å²) in [6, 6.07) is 1.26. The zero-order chi connectivity index (χ0) is 10.6. The number of likely N-dealkylation sites (tertiary alicyclic amines) is 1. The first-order chi connectivity index (χ1) is 6.65. The summed E-state index contributed by atoms with van der Waals surface area (Å²) in [5.41, 5.74) is 0. The molecule has 0 saturated carbocycles. The molecule has 0 aliphatic carbocycles. The Kier molecular flexibility index (Phi) is 4.85. The van der Waals surface area contributed by atoms with Crippen molar-refractivity contribution in [1.82, 2.24) is 10.2 Å². The fraction of sp³-hybridized carbons (Fsp3) is 1.00. The van der Waals surface area contributed by atoms with Gasteiger partial charge in [-0.15, -0.1) is 0 Å². The van der Waals surface area contributed by atoms with Gasteiger partial charge in [0.25, 0.3) is 0 Å². The Labute approximate surface area is 87.5 Å². The zero-order valence-electron chi connectivity index (χ0n) is 9.66. The minimum Gasteiger partial charge on any atom is -0.390 e. The number of likely N-dealkylation sites (N-methyl/N-ethyl adjacent to an activating group) is 1. The Balaban J connectivity index is 2.39. The molecule has 1 fully saturated rings. The van der Waals surface area contributed by atoms with Gasteiger partial charge in [0, 0.05) is 25.2 Å². The van der Waals surface area contributed by atoms with Crippen molar-refractivity contribution >= 4 is 0 Å². The predicted molar refractivity (Wildman–Crippen MR) is 59.4 cm³/mol. The average molecular weight is 200 g/mol. The lowest BCUT2D eigenvalue weighted by atomic mass is 9.97. The van der Waals surface area contributed by atoms with Crippen molar-refractivity contribution in [3.63, 3.8) is 0 Å². The Bertz CT molecular complexity index is 153. The van der Waals surface area contributed by atoms with E-state index in [2.05, 4.69) is 24.1 Å². The number of piperidine rings is 1. The standard InChI is InChI=1S/C11H24N2O/c1-9-5-4-6-10(2)13(9)8-11(14)7-12-3/h9-12,14H,4-8H2,1-3H3/t9-,10+,11?. The van der Waals surface area contributed by atoms with E-state index in [0.717, 1.165) is 6.54 Å². The predicted octanol–water partition coefficient (Wildman–Crippen LogP) is 0.830. The normalized spacial score (nSPS) is 31.7. The number of nitrogens with zero attached hydrogens (tertiary/aromatic N) is 1. The van der Waals surface area contributed by atoms with E-state index in [1.807, 2.05) is 7.05 Å². The number of β-amino-alcohol motifs (C(OH)–C–C–N with tert-alkyl or cyclic N) is 1. The second kappa shape index (κ2) is 5.69. The first-order valence-electron chi connectivity index (χ1n) is 5.73.